The van der Waals surface area contributed by atoms with Gasteiger partial charge in [-0.3, -0.25) is 4.79 Å². The molecule has 1 saturated heterocycles. The van der Waals surface area contributed by atoms with Crippen molar-refractivity contribution in [1.29, 1.82) is 0 Å². The molecule has 2 heterocycles. The van der Waals surface area contributed by atoms with Crippen molar-refractivity contribution in [2.24, 2.45) is 11.1 Å². The van der Waals surface area contributed by atoms with Gasteiger partial charge in [0.05, 0.1) is 11.3 Å². The Morgan fingerprint density at radius 2 is 1.92 bits per heavy atom. The number of benzene rings is 1. The van der Waals surface area contributed by atoms with Gasteiger partial charge in [-0.15, -0.1) is 0 Å². The molecule has 0 aromatic heterocycles. The van der Waals surface area contributed by atoms with Crippen molar-refractivity contribution in [2.75, 3.05) is 19.7 Å². The Balaban J connectivity index is 1.93. The zero-order valence-corrected chi connectivity index (χ0v) is 23.5. The van der Waals surface area contributed by atoms with Crippen LogP contribution in [0.3, 0.4) is 0 Å². The van der Waals surface area contributed by atoms with Gasteiger partial charge in [0.1, 0.15) is 6.10 Å². The van der Waals surface area contributed by atoms with Crippen molar-refractivity contribution < 1.29 is 19.2 Å². The predicted molar refractivity (Wildman–Crippen MR) is 149 cm³/mol. The SMILES string of the molecule is CCCC1C/C=C/C(C)C/C=C/C(=N/OCC(=O)N2CCCCC2)Cc2c(Cl)c(C)cc(C)c2C(=O)O1. The summed E-state index contributed by atoms with van der Waals surface area (Å²) in [5, 5.41) is 4.86. The van der Waals surface area contributed by atoms with E-state index in [2.05, 4.69) is 37.2 Å². The fourth-order valence-electron chi connectivity index (χ4n) is 4.92. The van der Waals surface area contributed by atoms with Gasteiger partial charge in [-0.2, -0.15) is 0 Å². The second-order valence-corrected chi connectivity index (χ2v) is 10.6. The molecular formula is C30H41ClN2O4. The molecule has 1 aromatic carbocycles. The first-order valence-corrected chi connectivity index (χ1v) is 14.0. The molecule has 2 aliphatic heterocycles. The van der Waals surface area contributed by atoms with Gasteiger partial charge in [0.2, 0.25) is 0 Å². The molecule has 2 atom stereocenters. The van der Waals surface area contributed by atoms with Crippen LogP contribution in [-0.4, -0.2) is 48.3 Å². The minimum absolute atomic E-state index is 0.0525. The molecule has 0 spiro atoms. The lowest BCUT2D eigenvalue weighted by molar-refractivity contribution is -0.137. The molecule has 37 heavy (non-hydrogen) atoms. The van der Waals surface area contributed by atoms with Crippen LogP contribution in [0.25, 0.3) is 0 Å². The van der Waals surface area contributed by atoms with E-state index >= 15 is 0 Å². The zero-order valence-electron chi connectivity index (χ0n) is 22.7. The van der Waals surface area contributed by atoms with Crippen LogP contribution in [0, 0.1) is 19.8 Å². The lowest BCUT2D eigenvalue weighted by Crippen LogP contribution is -2.37. The molecule has 0 N–H and O–H groups in total. The van der Waals surface area contributed by atoms with Crippen molar-refractivity contribution in [1.82, 2.24) is 4.90 Å². The topological polar surface area (TPSA) is 68.2 Å². The number of halogens is 1. The third kappa shape index (κ3) is 8.46. The van der Waals surface area contributed by atoms with Gasteiger partial charge in [-0.1, -0.05) is 61.3 Å². The second kappa shape index (κ2) is 14.4. The molecule has 0 bridgehead atoms. The normalized spacial score (nSPS) is 24.1. The average Bonchev–Trinajstić information content (AvgIpc) is 2.87. The number of ether oxygens (including phenoxy) is 1. The highest BCUT2D eigenvalue weighted by molar-refractivity contribution is 6.33. The number of fused-ring (bicyclic) bond motifs is 1. The zero-order chi connectivity index (χ0) is 26.8. The van der Waals surface area contributed by atoms with E-state index in [1.165, 1.54) is 0 Å². The van der Waals surface area contributed by atoms with E-state index in [0.29, 0.717) is 40.6 Å². The van der Waals surface area contributed by atoms with E-state index in [-0.39, 0.29) is 24.6 Å². The van der Waals surface area contributed by atoms with Gasteiger partial charge >= 0.3 is 5.97 Å². The molecule has 7 heteroatoms. The van der Waals surface area contributed by atoms with E-state index in [0.717, 1.165) is 62.7 Å². The Labute approximate surface area is 226 Å². The van der Waals surface area contributed by atoms with Gasteiger partial charge in [0.25, 0.3) is 5.91 Å². The first-order chi connectivity index (χ1) is 17.8. The number of rotatable bonds is 5. The number of aryl methyl sites for hydroxylation is 2. The van der Waals surface area contributed by atoms with Crippen molar-refractivity contribution in [2.45, 2.75) is 85.2 Å². The molecule has 1 aromatic rings. The number of likely N-dealkylation sites (tertiary alicyclic amines) is 1. The Morgan fingerprint density at radius 3 is 2.65 bits per heavy atom. The number of nitrogens with zero attached hydrogens (tertiary/aromatic N) is 2. The average molecular weight is 529 g/mol. The third-order valence-corrected chi connectivity index (χ3v) is 7.47. The second-order valence-electron chi connectivity index (χ2n) is 10.2. The first-order valence-electron chi connectivity index (χ1n) is 13.6. The minimum atomic E-state index is -0.365. The molecule has 0 radical (unpaired) electrons. The number of piperidine rings is 1. The van der Waals surface area contributed by atoms with Gasteiger partial charge in [0.15, 0.2) is 6.61 Å². The third-order valence-electron chi connectivity index (χ3n) is 6.95. The molecule has 6 nitrogen and oxygen atoms in total. The summed E-state index contributed by atoms with van der Waals surface area (Å²) in [5.41, 5.74) is 3.47. The first kappa shape index (κ1) is 29.0. The van der Waals surface area contributed by atoms with E-state index in [1.807, 2.05) is 30.9 Å². The highest BCUT2D eigenvalue weighted by Crippen LogP contribution is 2.30. The number of carbonyl (C=O) groups excluding carboxylic acids is 2. The summed E-state index contributed by atoms with van der Waals surface area (Å²) in [6.45, 7) is 9.51. The van der Waals surface area contributed by atoms with Crippen molar-refractivity contribution in [3.8, 4) is 0 Å². The minimum Gasteiger partial charge on any atom is -0.458 e. The quantitative estimate of drug-likeness (QED) is 0.241. The lowest BCUT2D eigenvalue weighted by atomic mass is 9.94. The summed E-state index contributed by atoms with van der Waals surface area (Å²) in [6.07, 6.45) is 14.8. The molecule has 3 rings (SSSR count). The van der Waals surface area contributed by atoms with Crippen molar-refractivity contribution >= 4 is 29.2 Å². The van der Waals surface area contributed by atoms with Crippen LogP contribution in [0.2, 0.25) is 5.02 Å². The summed E-state index contributed by atoms with van der Waals surface area (Å²) >= 11 is 6.77. The Kier molecular flexibility index (Phi) is 11.2. The Bertz CT molecular complexity index is 1040. The Morgan fingerprint density at radius 1 is 1.16 bits per heavy atom. The molecule has 0 aliphatic carbocycles. The van der Waals surface area contributed by atoms with Gasteiger partial charge in [-0.25, -0.2) is 4.79 Å². The van der Waals surface area contributed by atoms with Crippen LogP contribution in [0.1, 0.15) is 85.8 Å². The number of carbonyl (C=O) groups is 2. The number of amides is 1. The smallest absolute Gasteiger partial charge is 0.339 e. The molecule has 1 amide bonds. The Hall–Kier alpha value is -2.60. The number of allylic oxidation sites excluding steroid dienone is 3. The molecule has 0 saturated carbocycles. The van der Waals surface area contributed by atoms with Gasteiger partial charge in [0, 0.05) is 31.0 Å². The van der Waals surface area contributed by atoms with Gasteiger partial charge < -0.3 is 14.5 Å². The van der Waals surface area contributed by atoms with E-state index in [4.69, 9.17) is 21.2 Å². The monoisotopic (exact) mass is 528 g/mol. The molecule has 202 valence electrons. The lowest BCUT2D eigenvalue weighted by Gasteiger charge is -2.26. The number of hydrogen-bond acceptors (Lipinski definition) is 5. The van der Waals surface area contributed by atoms with Crippen LogP contribution < -0.4 is 0 Å². The van der Waals surface area contributed by atoms with Crippen LogP contribution in [-0.2, 0) is 20.8 Å². The summed E-state index contributed by atoms with van der Waals surface area (Å²) in [5.74, 6) is -0.0976. The highest BCUT2D eigenvalue weighted by Gasteiger charge is 2.24. The predicted octanol–water partition coefficient (Wildman–Crippen LogP) is 6.75. The van der Waals surface area contributed by atoms with Crippen LogP contribution in [0.15, 0.2) is 35.5 Å². The van der Waals surface area contributed by atoms with Crippen molar-refractivity contribution in [3.05, 3.63) is 57.6 Å². The van der Waals surface area contributed by atoms with Crippen molar-refractivity contribution in [3.63, 3.8) is 0 Å². The number of esters is 1. The van der Waals surface area contributed by atoms with Crippen LogP contribution in [0.4, 0.5) is 0 Å². The molecule has 2 unspecified atom stereocenters. The van der Waals surface area contributed by atoms with Crippen LogP contribution in [0.5, 0.6) is 0 Å². The fourth-order valence-corrected chi connectivity index (χ4v) is 5.14. The summed E-state index contributed by atoms with van der Waals surface area (Å²) in [6, 6.07) is 1.92. The molecule has 2 aliphatic rings. The number of hydrogen-bond donors (Lipinski definition) is 0. The largest absolute Gasteiger partial charge is 0.458 e. The van der Waals surface area contributed by atoms with E-state index < -0.39 is 0 Å². The van der Waals surface area contributed by atoms with E-state index in [9.17, 15) is 9.59 Å². The summed E-state index contributed by atoms with van der Waals surface area (Å²) in [7, 11) is 0. The molecular weight excluding hydrogens is 488 g/mol. The maximum atomic E-state index is 13.5. The fraction of sp³-hybridized carbons (Fsp3) is 0.567. The van der Waals surface area contributed by atoms with Gasteiger partial charge in [-0.05, 0) is 74.6 Å². The highest BCUT2D eigenvalue weighted by atomic mass is 35.5. The standard InChI is InChI=1S/C30H41ClN2O4/c1-5-11-25-15-10-13-21(2)12-9-14-24(32-36-20-27(34)33-16-7-6-8-17-33)19-26-28(30(35)37-25)22(3)18-23(4)29(26)31/h9-10,13-14,18,21,25H,5-8,11-12,15-17,19-20H2,1-4H3/b13-10+,14-9+,32-24-. The maximum absolute atomic E-state index is 13.5. The van der Waals surface area contributed by atoms with Crippen LogP contribution >= 0.6 is 11.6 Å². The number of cyclic esters (lactones) is 1. The molecule has 1 fully saturated rings. The van der Waals surface area contributed by atoms with E-state index in [1.54, 1.807) is 0 Å². The summed E-state index contributed by atoms with van der Waals surface area (Å²) in [4.78, 5) is 33.4. The number of oxime groups is 1. The maximum Gasteiger partial charge on any atom is 0.339 e. The summed E-state index contributed by atoms with van der Waals surface area (Å²) < 4.78 is 6.00.